The standard InChI is InChI=1S/C49H28N6/c50-29-32-23-24-47-41(25-32)40-21-11-12-22-46(40)55(47)48-42(38-19-9-7-17-35(38)30-51)26-37(27-43(48)39-20-10-8-18-36(39)31-52)45-28-44(33-13-3-1-4-14-33)53-49(54-45)34-15-5-2-6-16-34/h1-28H. The minimum atomic E-state index is 0.505. The second-order valence-corrected chi connectivity index (χ2v) is 13.1. The van der Waals surface area contributed by atoms with Crippen LogP contribution in [0.4, 0.5) is 0 Å². The summed E-state index contributed by atoms with van der Waals surface area (Å²) in [6.07, 6.45) is 0. The van der Waals surface area contributed by atoms with E-state index in [1.54, 1.807) is 0 Å². The third kappa shape index (κ3) is 5.76. The van der Waals surface area contributed by atoms with Crippen molar-refractivity contribution >= 4 is 21.8 Å². The molecule has 2 aromatic heterocycles. The molecular weight excluding hydrogens is 673 g/mol. The van der Waals surface area contributed by atoms with Crippen molar-refractivity contribution < 1.29 is 0 Å². The Hall–Kier alpha value is -8.11. The molecule has 6 heteroatoms. The molecule has 0 saturated heterocycles. The lowest BCUT2D eigenvalue weighted by atomic mass is 9.88. The predicted molar refractivity (Wildman–Crippen MR) is 218 cm³/mol. The van der Waals surface area contributed by atoms with Gasteiger partial charge in [-0.1, -0.05) is 115 Å². The summed E-state index contributed by atoms with van der Waals surface area (Å²) in [5, 5.41) is 32.9. The molecule has 0 bridgehead atoms. The molecule has 6 nitrogen and oxygen atoms in total. The lowest BCUT2D eigenvalue weighted by molar-refractivity contribution is 1.17. The molecule has 0 atom stereocenters. The molecule has 0 aliphatic heterocycles. The molecule has 9 aromatic rings. The topological polar surface area (TPSA) is 102 Å². The van der Waals surface area contributed by atoms with Gasteiger partial charge >= 0.3 is 0 Å². The second kappa shape index (κ2) is 13.8. The predicted octanol–water partition coefficient (Wildman–Crippen LogP) is 11.5. The van der Waals surface area contributed by atoms with Crippen LogP contribution in [0.15, 0.2) is 170 Å². The average Bonchev–Trinajstić information content (AvgIpc) is 3.59. The van der Waals surface area contributed by atoms with Crippen LogP contribution < -0.4 is 0 Å². The minimum Gasteiger partial charge on any atom is -0.308 e. The van der Waals surface area contributed by atoms with Gasteiger partial charge in [0.25, 0.3) is 0 Å². The van der Waals surface area contributed by atoms with Gasteiger partial charge in [0.2, 0.25) is 0 Å². The minimum absolute atomic E-state index is 0.505. The fourth-order valence-corrected chi connectivity index (χ4v) is 7.42. The van der Waals surface area contributed by atoms with E-state index in [-0.39, 0.29) is 0 Å². The molecule has 0 aliphatic rings. The number of nitriles is 3. The zero-order chi connectivity index (χ0) is 37.3. The second-order valence-electron chi connectivity index (χ2n) is 13.1. The number of fused-ring (bicyclic) bond motifs is 3. The van der Waals surface area contributed by atoms with E-state index < -0.39 is 0 Å². The van der Waals surface area contributed by atoms with Crippen LogP contribution in [0.2, 0.25) is 0 Å². The Bertz CT molecular complexity index is 2930. The quantitative estimate of drug-likeness (QED) is 0.172. The Morgan fingerprint density at radius 2 is 0.927 bits per heavy atom. The Kier molecular flexibility index (Phi) is 8.22. The highest BCUT2D eigenvalue weighted by molar-refractivity contribution is 6.11. The van der Waals surface area contributed by atoms with Crippen LogP contribution in [0.1, 0.15) is 16.7 Å². The number of para-hydroxylation sites is 1. The Morgan fingerprint density at radius 1 is 0.400 bits per heavy atom. The van der Waals surface area contributed by atoms with Crippen LogP contribution in [0.5, 0.6) is 0 Å². The zero-order valence-electron chi connectivity index (χ0n) is 29.3. The largest absolute Gasteiger partial charge is 0.308 e. The highest BCUT2D eigenvalue weighted by atomic mass is 15.0. The Morgan fingerprint density at radius 3 is 1.55 bits per heavy atom. The van der Waals surface area contributed by atoms with Crippen molar-refractivity contribution in [3.63, 3.8) is 0 Å². The molecule has 0 amide bonds. The molecule has 0 aliphatic carbocycles. The first-order valence-corrected chi connectivity index (χ1v) is 17.8. The van der Waals surface area contributed by atoms with E-state index in [0.717, 1.165) is 72.1 Å². The average molecular weight is 701 g/mol. The first kappa shape index (κ1) is 32.8. The van der Waals surface area contributed by atoms with Crippen molar-refractivity contribution in [2.24, 2.45) is 0 Å². The van der Waals surface area contributed by atoms with E-state index in [4.69, 9.17) is 9.97 Å². The van der Waals surface area contributed by atoms with E-state index in [0.29, 0.717) is 28.2 Å². The molecule has 254 valence electrons. The molecule has 0 unspecified atom stereocenters. The van der Waals surface area contributed by atoms with Gasteiger partial charge < -0.3 is 4.57 Å². The zero-order valence-corrected chi connectivity index (χ0v) is 29.3. The van der Waals surface area contributed by atoms with Gasteiger partial charge in [-0.2, -0.15) is 15.8 Å². The number of hydrogen-bond donors (Lipinski definition) is 0. The van der Waals surface area contributed by atoms with Crippen LogP contribution in [0.25, 0.3) is 83.6 Å². The van der Waals surface area contributed by atoms with Gasteiger partial charge in [0.1, 0.15) is 0 Å². The number of rotatable bonds is 6. The van der Waals surface area contributed by atoms with Crippen LogP contribution in [-0.2, 0) is 0 Å². The molecule has 0 N–H and O–H groups in total. The number of benzene rings is 7. The van der Waals surface area contributed by atoms with Crippen LogP contribution >= 0.6 is 0 Å². The summed E-state index contributed by atoms with van der Waals surface area (Å²) in [6, 6.07) is 62.4. The molecule has 0 fully saturated rings. The van der Waals surface area contributed by atoms with Crippen molar-refractivity contribution in [1.29, 1.82) is 15.8 Å². The maximum Gasteiger partial charge on any atom is 0.160 e. The van der Waals surface area contributed by atoms with Gasteiger partial charge in [-0.3, -0.25) is 0 Å². The molecule has 7 aromatic carbocycles. The Labute approximate surface area is 317 Å². The fraction of sp³-hybridized carbons (Fsp3) is 0. The van der Waals surface area contributed by atoms with E-state index in [9.17, 15) is 15.8 Å². The van der Waals surface area contributed by atoms with Crippen molar-refractivity contribution in [2.45, 2.75) is 0 Å². The van der Waals surface area contributed by atoms with Crippen molar-refractivity contribution in [1.82, 2.24) is 14.5 Å². The molecule has 0 radical (unpaired) electrons. The molecule has 9 rings (SSSR count). The first-order chi connectivity index (χ1) is 27.1. The van der Waals surface area contributed by atoms with Gasteiger partial charge in [0.05, 0.1) is 63.0 Å². The van der Waals surface area contributed by atoms with E-state index in [1.165, 1.54) is 0 Å². The van der Waals surface area contributed by atoms with Crippen molar-refractivity contribution in [2.75, 3.05) is 0 Å². The number of aromatic nitrogens is 3. The highest BCUT2D eigenvalue weighted by Crippen LogP contribution is 2.45. The molecular formula is C49H28N6. The third-order valence-corrected chi connectivity index (χ3v) is 9.93. The van der Waals surface area contributed by atoms with Gasteiger partial charge in [-0.15, -0.1) is 0 Å². The maximum atomic E-state index is 10.5. The van der Waals surface area contributed by atoms with Gasteiger partial charge in [0.15, 0.2) is 5.82 Å². The summed E-state index contributed by atoms with van der Waals surface area (Å²) in [7, 11) is 0. The maximum absolute atomic E-state index is 10.5. The summed E-state index contributed by atoms with van der Waals surface area (Å²) in [4.78, 5) is 10.2. The van der Waals surface area contributed by atoms with Crippen LogP contribution in [0, 0.1) is 34.0 Å². The monoisotopic (exact) mass is 700 g/mol. The Balaban J connectivity index is 1.46. The van der Waals surface area contributed by atoms with E-state index >= 15 is 0 Å². The lowest BCUT2D eigenvalue weighted by Gasteiger charge is -2.22. The summed E-state index contributed by atoms with van der Waals surface area (Å²) in [5.41, 5.74) is 11.3. The SMILES string of the molecule is N#Cc1ccc2c(c1)c1ccccc1n2-c1c(-c2ccccc2C#N)cc(-c2cc(-c3ccccc3)nc(-c3ccccc3)n2)cc1-c1ccccc1C#N. The molecule has 0 spiro atoms. The summed E-state index contributed by atoms with van der Waals surface area (Å²) < 4.78 is 2.20. The van der Waals surface area contributed by atoms with Crippen LogP contribution in [-0.4, -0.2) is 14.5 Å². The summed E-state index contributed by atoms with van der Waals surface area (Å²) in [6.45, 7) is 0. The van der Waals surface area contributed by atoms with Gasteiger partial charge in [-0.25, -0.2) is 9.97 Å². The fourth-order valence-electron chi connectivity index (χ4n) is 7.42. The van der Waals surface area contributed by atoms with Gasteiger partial charge in [-0.05, 0) is 54.6 Å². The smallest absolute Gasteiger partial charge is 0.160 e. The highest BCUT2D eigenvalue weighted by Gasteiger charge is 2.24. The number of nitrogens with zero attached hydrogens (tertiary/aromatic N) is 6. The third-order valence-electron chi connectivity index (χ3n) is 9.93. The van der Waals surface area contributed by atoms with E-state index in [2.05, 4.69) is 47.0 Å². The summed E-state index contributed by atoms with van der Waals surface area (Å²) in [5.74, 6) is 0.578. The number of hydrogen-bond acceptors (Lipinski definition) is 5. The van der Waals surface area contributed by atoms with Crippen molar-refractivity contribution in [3.05, 3.63) is 187 Å². The lowest BCUT2D eigenvalue weighted by Crippen LogP contribution is -2.04. The van der Waals surface area contributed by atoms with Gasteiger partial charge in [0, 0.05) is 49.7 Å². The molecule has 0 saturated carbocycles. The van der Waals surface area contributed by atoms with E-state index in [1.807, 2.05) is 146 Å². The summed E-state index contributed by atoms with van der Waals surface area (Å²) >= 11 is 0. The molecule has 55 heavy (non-hydrogen) atoms. The normalized spacial score (nSPS) is 10.9. The first-order valence-electron chi connectivity index (χ1n) is 17.8. The van der Waals surface area contributed by atoms with Crippen LogP contribution in [0.3, 0.4) is 0 Å². The molecule has 2 heterocycles. The van der Waals surface area contributed by atoms with Crippen molar-refractivity contribution in [3.8, 4) is 80.1 Å².